The number of carbonyl (C=O) groups is 2. The number of benzene rings is 1. The summed E-state index contributed by atoms with van der Waals surface area (Å²) in [7, 11) is 0. The van der Waals surface area contributed by atoms with Gasteiger partial charge in [-0.3, -0.25) is 14.5 Å². The second kappa shape index (κ2) is 11.0. The SMILES string of the molecule is CCN(CC)C(=O)CN1CCN(C(=O)c2ccccc2SCC2CCCO2)CC1. The van der Waals surface area contributed by atoms with Crippen molar-refractivity contribution in [2.45, 2.75) is 37.7 Å². The zero-order valence-electron chi connectivity index (χ0n) is 17.6. The number of nitrogens with zero attached hydrogens (tertiary/aromatic N) is 3. The van der Waals surface area contributed by atoms with Crippen LogP contribution in [0.25, 0.3) is 0 Å². The molecule has 0 radical (unpaired) electrons. The minimum absolute atomic E-state index is 0.0927. The molecule has 2 fully saturated rings. The molecule has 0 aliphatic carbocycles. The Hall–Kier alpha value is -1.57. The van der Waals surface area contributed by atoms with Crippen molar-refractivity contribution in [3.05, 3.63) is 29.8 Å². The molecule has 1 unspecified atom stereocenters. The Morgan fingerprint density at radius 3 is 2.52 bits per heavy atom. The Balaban J connectivity index is 1.53. The molecule has 2 heterocycles. The van der Waals surface area contributed by atoms with Crippen LogP contribution in [0.1, 0.15) is 37.0 Å². The van der Waals surface area contributed by atoms with E-state index in [1.54, 1.807) is 11.8 Å². The Morgan fingerprint density at radius 1 is 1.14 bits per heavy atom. The van der Waals surface area contributed by atoms with Gasteiger partial charge >= 0.3 is 0 Å². The molecule has 1 aromatic carbocycles. The van der Waals surface area contributed by atoms with Gasteiger partial charge in [0.1, 0.15) is 0 Å². The summed E-state index contributed by atoms with van der Waals surface area (Å²) >= 11 is 1.72. The van der Waals surface area contributed by atoms with Crippen LogP contribution in [0, 0.1) is 0 Å². The molecule has 1 atom stereocenters. The van der Waals surface area contributed by atoms with Crippen LogP contribution in [0.2, 0.25) is 0 Å². The molecule has 1 aromatic rings. The summed E-state index contributed by atoms with van der Waals surface area (Å²) in [5, 5.41) is 0. The number of hydrogen-bond donors (Lipinski definition) is 0. The van der Waals surface area contributed by atoms with Gasteiger partial charge in [0.15, 0.2) is 0 Å². The number of carbonyl (C=O) groups excluding carboxylic acids is 2. The molecular weight excluding hydrogens is 386 g/mol. The highest BCUT2D eigenvalue weighted by Gasteiger charge is 2.26. The summed E-state index contributed by atoms with van der Waals surface area (Å²) in [6, 6.07) is 7.88. The van der Waals surface area contributed by atoms with Crippen LogP contribution in [0.4, 0.5) is 0 Å². The van der Waals surface area contributed by atoms with Gasteiger partial charge < -0.3 is 14.5 Å². The third-order valence-electron chi connectivity index (χ3n) is 5.70. The lowest BCUT2D eigenvalue weighted by molar-refractivity contribution is -0.132. The minimum Gasteiger partial charge on any atom is -0.377 e. The Morgan fingerprint density at radius 2 is 1.86 bits per heavy atom. The van der Waals surface area contributed by atoms with Crippen LogP contribution >= 0.6 is 11.8 Å². The molecule has 6 nitrogen and oxygen atoms in total. The fourth-order valence-electron chi connectivity index (χ4n) is 3.87. The maximum absolute atomic E-state index is 13.1. The van der Waals surface area contributed by atoms with Gasteiger partial charge in [-0.2, -0.15) is 0 Å². The first-order valence-electron chi connectivity index (χ1n) is 10.7. The number of amides is 2. The quantitative estimate of drug-likeness (QED) is 0.606. The molecule has 2 amide bonds. The van der Waals surface area contributed by atoms with E-state index < -0.39 is 0 Å². The first kappa shape index (κ1) is 22.1. The van der Waals surface area contributed by atoms with E-state index in [4.69, 9.17) is 4.74 Å². The molecule has 2 aliphatic heterocycles. The molecule has 2 aliphatic rings. The zero-order chi connectivity index (χ0) is 20.6. The third-order valence-corrected chi connectivity index (χ3v) is 6.91. The molecule has 160 valence electrons. The second-order valence-electron chi connectivity index (χ2n) is 7.58. The third kappa shape index (κ3) is 5.96. The highest BCUT2D eigenvalue weighted by Crippen LogP contribution is 2.27. The molecular formula is C22H33N3O3S. The Labute approximate surface area is 178 Å². The molecule has 0 aromatic heterocycles. The highest BCUT2D eigenvalue weighted by molar-refractivity contribution is 7.99. The summed E-state index contributed by atoms with van der Waals surface area (Å²) in [5.74, 6) is 1.16. The molecule has 0 bridgehead atoms. The van der Waals surface area contributed by atoms with Crippen molar-refractivity contribution in [1.29, 1.82) is 0 Å². The number of ether oxygens (including phenoxy) is 1. The summed E-state index contributed by atoms with van der Waals surface area (Å²) < 4.78 is 5.72. The molecule has 0 saturated carbocycles. The first-order chi connectivity index (χ1) is 14.1. The summed E-state index contributed by atoms with van der Waals surface area (Å²) in [5.41, 5.74) is 0.781. The predicted octanol–water partition coefficient (Wildman–Crippen LogP) is 2.58. The van der Waals surface area contributed by atoms with Crippen LogP contribution in [-0.4, -0.2) is 90.8 Å². The molecule has 3 rings (SSSR count). The number of rotatable bonds is 8. The van der Waals surface area contributed by atoms with Crippen LogP contribution in [-0.2, 0) is 9.53 Å². The minimum atomic E-state index is 0.0927. The standard InChI is InChI=1S/C22H33N3O3S/c1-3-24(4-2)21(26)16-23-11-13-25(14-12-23)22(27)19-9-5-6-10-20(19)29-17-18-8-7-15-28-18/h5-6,9-10,18H,3-4,7-8,11-17H2,1-2H3. The molecule has 0 spiro atoms. The van der Waals surface area contributed by atoms with Crippen LogP contribution in [0.5, 0.6) is 0 Å². The van der Waals surface area contributed by atoms with Crippen molar-refractivity contribution in [2.24, 2.45) is 0 Å². The van der Waals surface area contributed by atoms with Gasteiger partial charge in [0.2, 0.25) is 5.91 Å². The topological polar surface area (TPSA) is 53.1 Å². The van der Waals surface area contributed by atoms with Crippen molar-refractivity contribution in [2.75, 3.05) is 58.2 Å². The lowest BCUT2D eigenvalue weighted by atomic mass is 10.2. The normalized spacial score (nSPS) is 20.1. The predicted molar refractivity (Wildman–Crippen MR) is 116 cm³/mol. The van der Waals surface area contributed by atoms with Crippen molar-refractivity contribution in [3.63, 3.8) is 0 Å². The largest absolute Gasteiger partial charge is 0.377 e. The molecule has 0 N–H and O–H groups in total. The van der Waals surface area contributed by atoms with E-state index >= 15 is 0 Å². The maximum atomic E-state index is 13.1. The van der Waals surface area contributed by atoms with Gasteiger partial charge in [-0.05, 0) is 38.8 Å². The Bertz CT molecular complexity index is 682. The number of likely N-dealkylation sites (N-methyl/N-ethyl adjacent to an activating group) is 1. The van der Waals surface area contributed by atoms with Crippen LogP contribution < -0.4 is 0 Å². The van der Waals surface area contributed by atoms with Gasteiger partial charge in [-0.1, -0.05) is 12.1 Å². The lowest BCUT2D eigenvalue weighted by Crippen LogP contribution is -2.51. The van der Waals surface area contributed by atoms with Crippen LogP contribution in [0.3, 0.4) is 0 Å². The smallest absolute Gasteiger partial charge is 0.255 e. The molecule has 29 heavy (non-hydrogen) atoms. The van der Waals surface area contributed by atoms with Gasteiger partial charge in [0, 0.05) is 56.5 Å². The molecule has 7 heteroatoms. The van der Waals surface area contributed by atoms with Gasteiger partial charge in [0.05, 0.1) is 18.2 Å². The lowest BCUT2D eigenvalue weighted by Gasteiger charge is -2.35. The van der Waals surface area contributed by atoms with Gasteiger partial charge in [-0.25, -0.2) is 0 Å². The second-order valence-corrected chi connectivity index (χ2v) is 8.64. The van der Waals surface area contributed by atoms with Crippen molar-refractivity contribution >= 4 is 23.6 Å². The summed E-state index contributed by atoms with van der Waals surface area (Å²) in [6.07, 6.45) is 2.54. The van der Waals surface area contributed by atoms with E-state index in [9.17, 15) is 9.59 Å². The Kier molecular flexibility index (Phi) is 8.39. The van der Waals surface area contributed by atoms with E-state index in [0.717, 1.165) is 61.8 Å². The fourth-order valence-corrected chi connectivity index (χ4v) is 4.99. The van der Waals surface area contributed by atoms with Gasteiger partial charge in [-0.15, -0.1) is 11.8 Å². The molecule has 2 saturated heterocycles. The summed E-state index contributed by atoms with van der Waals surface area (Å²) in [4.78, 5) is 32.4. The van der Waals surface area contributed by atoms with E-state index in [-0.39, 0.29) is 11.8 Å². The average Bonchev–Trinajstić information content (AvgIpc) is 3.27. The van der Waals surface area contributed by atoms with E-state index in [0.29, 0.717) is 25.7 Å². The fraction of sp³-hybridized carbons (Fsp3) is 0.636. The number of piperazine rings is 1. The highest BCUT2D eigenvalue weighted by atomic mass is 32.2. The van der Waals surface area contributed by atoms with E-state index in [2.05, 4.69) is 4.90 Å². The first-order valence-corrected chi connectivity index (χ1v) is 11.7. The van der Waals surface area contributed by atoms with Crippen molar-refractivity contribution < 1.29 is 14.3 Å². The number of hydrogen-bond acceptors (Lipinski definition) is 5. The van der Waals surface area contributed by atoms with E-state index in [1.165, 1.54) is 0 Å². The van der Waals surface area contributed by atoms with Crippen molar-refractivity contribution in [3.8, 4) is 0 Å². The maximum Gasteiger partial charge on any atom is 0.255 e. The van der Waals surface area contributed by atoms with Crippen LogP contribution in [0.15, 0.2) is 29.2 Å². The monoisotopic (exact) mass is 419 g/mol. The van der Waals surface area contributed by atoms with Crippen molar-refractivity contribution in [1.82, 2.24) is 14.7 Å². The number of thioether (sulfide) groups is 1. The summed E-state index contributed by atoms with van der Waals surface area (Å²) in [6.45, 7) is 9.60. The van der Waals surface area contributed by atoms with E-state index in [1.807, 2.05) is 47.9 Å². The van der Waals surface area contributed by atoms with Gasteiger partial charge in [0.25, 0.3) is 5.91 Å². The zero-order valence-corrected chi connectivity index (χ0v) is 18.5. The average molecular weight is 420 g/mol.